The second-order valence-electron chi connectivity index (χ2n) is 4.49. The van der Waals surface area contributed by atoms with Crippen LogP contribution in [-0.4, -0.2) is 15.0 Å². The normalized spacial score (nSPS) is 11.2. The maximum Gasteiger partial charge on any atom is 0.0976 e. The van der Waals surface area contributed by atoms with E-state index in [0.717, 1.165) is 33.2 Å². The molecule has 4 rings (SSSR count). The molecule has 0 saturated heterocycles. The zero-order chi connectivity index (χ0) is 12.7. The van der Waals surface area contributed by atoms with Gasteiger partial charge in [0.2, 0.25) is 0 Å². The van der Waals surface area contributed by atoms with Crippen molar-refractivity contribution in [3.63, 3.8) is 0 Å². The van der Waals surface area contributed by atoms with Crippen molar-refractivity contribution in [2.75, 3.05) is 0 Å². The van der Waals surface area contributed by atoms with E-state index in [-0.39, 0.29) is 0 Å². The summed E-state index contributed by atoms with van der Waals surface area (Å²) >= 11 is 0. The van der Waals surface area contributed by atoms with E-state index in [1.165, 1.54) is 0 Å². The van der Waals surface area contributed by atoms with E-state index in [2.05, 4.69) is 28.2 Å². The third kappa shape index (κ3) is 1.59. The highest BCUT2D eigenvalue weighted by molar-refractivity contribution is 5.92. The molecule has 1 N–H and O–H groups in total. The van der Waals surface area contributed by atoms with Gasteiger partial charge in [0.05, 0.1) is 28.6 Å². The first-order valence-corrected chi connectivity index (χ1v) is 6.20. The lowest BCUT2D eigenvalue weighted by Crippen LogP contribution is -1.86. The van der Waals surface area contributed by atoms with Crippen molar-refractivity contribution in [3.8, 4) is 11.3 Å². The van der Waals surface area contributed by atoms with Gasteiger partial charge < -0.3 is 4.98 Å². The summed E-state index contributed by atoms with van der Waals surface area (Å²) in [5.41, 5.74) is 5.02. The third-order valence-electron chi connectivity index (χ3n) is 3.32. The quantitative estimate of drug-likeness (QED) is 0.554. The number of nitrogens with zero attached hydrogens (tertiary/aromatic N) is 2. The minimum absolute atomic E-state index is 0.955. The van der Waals surface area contributed by atoms with Crippen LogP contribution in [0.3, 0.4) is 0 Å². The zero-order valence-corrected chi connectivity index (χ0v) is 10.2. The second kappa shape index (κ2) is 3.92. The van der Waals surface area contributed by atoms with Gasteiger partial charge in [-0.3, -0.25) is 0 Å². The molecule has 0 fully saturated rings. The lowest BCUT2D eigenvalue weighted by atomic mass is 10.1. The summed E-state index contributed by atoms with van der Waals surface area (Å²) in [4.78, 5) is 12.2. The summed E-state index contributed by atoms with van der Waals surface area (Å²) in [6, 6.07) is 18.4. The van der Waals surface area contributed by atoms with Crippen molar-refractivity contribution in [1.29, 1.82) is 0 Å². The Morgan fingerprint density at radius 3 is 2.79 bits per heavy atom. The molecule has 2 aromatic carbocycles. The predicted molar refractivity (Wildman–Crippen MR) is 76.8 cm³/mol. The number of benzene rings is 2. The van der Waals surface area contributed by atoms with Crippen LogP contribution in [0.15, 0.2) is 60.9 Å². The lowest BCUT2D eigenvalue weighted by molar-refractivity contribution is 1.34. The molecule has 0 saturated carbocycles. The van der Waals surface area contributed by atoms with Crippen molar-refractivity contribution < 1.29 is 0 Å². The molecule has 3 nitrogen and oxygen atoms in total. The number of rotatable bonds is 1. The van der Waals surface area contributed by atoms with Gasteiger partial charge in [-0.25, -0.2) is 9.97 Å². The van der Waals surface area contributed by atoms with Gasteiger partial charge in [-0.2, -0.15) is 0 Å². The molecule has 2 aromatic heterocycles. The first kappa shape index (κ1) is 10.3. The zero-order valence-electron chi connectivity index (χ0n) is 10.2. The van der Waals surface area contributed by atoms with Gasteiger partial charge in [0.25, 0.3) is 0 Å². The molecule has 0 unspecified atom stereocenters. The van der Waals surface area contributed by atoms with Gasteiger partial charge in [0.1, 0.15) is 0 Å². The van der Waals surface area contributed by atoms with Crippen LogP contribution >= 0.6 is 0 Å². The molecule has 0 radical (unpaired) electrons. The predicted octanol–water partition coefficient (Wildman–Crippen LogP) is 3.78. The molecule has 0 bridgehead atoms. The fraction of sp³-hybridized carbons (Fsp3) is 0. The van der Waals surface area contributed by atoms with Gasteiger partial charge in [0.15, 0.2) is 0 Å². The third-order valence-corrected chi connectivity index (χ3v) is 3.32. The highest BCUT2D eigenvalue weighted by Crippen LogP contribution is 2.26. The summed E-state index contributed by atoms with van der Waals surface area (Å²) in [5.74, 6) is 0. The Labute approximate surface area is 110 Å². The van der Waals surface area contributed by atoms with Crippen molar-refractivity contribution in [2.24, 2.45) is 0 Å². The molecule has 0 spiro atoms. The number of nitrogens with one attached hydrogen (secondary N) is 1. The fourth-order valence-corrected chi connectivity index (χ4v) is 2.39. The van der Waals surface area contributed by atoms with Gasteiger partial charge in [0, 0.05) is 10.9 Å². The molecule has 0 amide bonds. The number of fused-ring (bicyclic) bond motifs is 2. The number of pyridine rings is 1. The Kier molecular flexibility index (Phi) is 2.12. The molecule has 19 heavy (non-hydrogen) atoms. The number of H-pyrrole nitrogens is 1. The van der Waals surface area contributed by atoms with Crippen LogP contribution in [-0.2, 0) is 0 Å². The van der Waals surface area contributed by atoms with Crippen LogP contribution in [0, 0.1) is 0 Å². The number of hydrogen-bond donors (Lipinski definition) is 1. The Morgan fingerprint density at radius 2 is 1.79 bits per heavy atom. The fourth-order valence-electron chi connectivity index (χ4n) is 2.39. The van der Waals surface area contributed by atoms with E-state index < -0.39 is 0 Å². The van der Waals surface area contributed by atoms with Crippen LogP contribution in [0.4, 0.5) is 0 Å². The van der Waals surface area contributed by atoms with Crippen molar-refractivity contribution in [1.82, 2.24) is 15.0 Å². The molecule has 0 aliphatic heterocycles. The summed E-state index contributed by atoms with van der Waals surface area (Å²) in [5, 5.41) is 1.15. The summed E-state index contributed by atoms with van der Waals surface area (Å²) in [7, 11) is 0. The van der Waals surface area contributed by atoms with Crippen molar-refractivity contribution in [2.45, 2.75) is 0 Å². The summed E-state index contributed by atoms with van der Waals surface area (Å²) in [6.07, 6.45) is 1.72. The number of hydrogen-bond acceptors (Lipinski definition) is 2. The molecule has 0 aliphatic rings. The molecule has 0 atom stereocenters. The maximum atomic E-state index is 4.72. The Bertz CT molecular complexity index is 877. The smallest absolute Gasteiger partial charge is 0.0976 e. The van der Waals surface area contributed by atoms with Gasteiger partial charge in [-0.15, -0.1) is 0 Å². The molecular formula is C16H11N3. The molecule has 3 heteroatoms. The Morgan fingerprint density at radius 1 is 0.842 bits per heavy atom. The molecular weight excluding hydrogens is 234 g/mol. The Balaban J connectivity index is 2.01. The minimum Gasteiger partial charge on any atom is -0.345 e. The van der Waals surface area contributed by atoms with Crippen LogP contribution in [0.1, 0.15) is 0 Å². The van der Waals surface area contributed by atoms with E-state index in [0.29, 0.717) is 0 Å². The van der Waals surface area contributed by atoms with Crippen LogP contribution in [0.5, 0.6) is 0 Å². The van der Waals surface area contributed by atoms with Gasteiger partial charge >= 0.3 is 0 Å². The van der Waals surface area contributed by atoms with E-state index in [9.17, 15) is 0 Å². The van der Waals surface area contributed by atoms with Gasteiger partial charge in [-0.05, 0) is 18.2 Å². The average Bonchev–Trinajstić information content (AvgIpc) is 2.95. The van der Waals surface area contributed by atoms with E-state index >= 15 is 0 Å². The van der Waals surface area contributed by atoms with Crippen LogP contribution in [0.2, 0.25) is 0 Å². The monoisotopic (exact) mass is 245 g/mol. The van der Waals surface area contributed by atoms with Gasteiger partial charge in [-0.1, -0.05) is 36.4 Å². The first-order valence-electron chi connectivity index (χ1n) is 6.20. The van der Waals surface area contributed by atoms with Crippen LogP contribution < -0.4 is 0 Å². The number of aromatic amines is 1. The molecule has 90 valence electrons. The molecule has 4 aromatic rings. The maximum absolute atomic E-state index is 4.72. The molecule has 2 heterocycles. The average molecular weight is 245 g/mol. The first-order chi connectivity index (χ1) is 9.42. The van der Waals surface area contributed by atoms with E-state index in [1.807, 2.05) is 36.4 Å². The summed E-state index contributed by atoms with van der Waals surface area (Å²) < 4.78 is 0. The van der Waals surface area contributed by atoms with Crippen molar-refractivity contribution in [3.05, 3.63) is 60.9 Å². The number of aromatic nitrogens is 3. The van der Waals surface area contributed by atoms with E-state index in [4.69, 9.17) is 4.98 Å². The summed E-state index contributed by atoms with van der Waals surface area (Å²) in [6.45, 7) is 0. The minimum atomic E-state index is 0.955. The largest absolute Gasteiger partial charge is 0.345 e. The number of imidazole rings is 1. The highest BCUT2D eigenvalue weighted by atomic mass is 14.9. The topological polar surface area (TPSA) is 41.6 Å². The standard InChI is InChI=1S/C16H11N3/c1-2-6-13-11(4-1)8-9-14(19-13)12-5-3-7-15-16(12)18-10-17-15/h1-10H,(H,17,18). The molecule has 0 aliphatic carbocycles. The Hall–Kier alpha value is -2.68. The second-order valence-corrected chi connectivity index (χ2v) is 4.49. The lowest BCUT2D eigenvalue weighted by Gasteiger charge is -2.04. The van der Waals surface area contributed by atoms with E-state index in [1.54, 1.807) is 6.33 Å². The number of para-hydroxylation sites is 2. The van der Waals surface area contributed by atoms with Crippen molar-refractivity contribution >= 4 is 21.9 Å². The highest BCUT2D eigenvalue weighted by Gasteiger charge is 2.07. The van der Waals surface area contributed by atoms with Crippen LogP contribution in [0.25, 0.3) is 33.2 Å². The SMILES string of the molecule is c1ccc2nc(-c3cccc4[nH]cnc34)ccc2c1.